The highest BCUT2D eigenvalue weighted by atomic mass is 19.1. The predicted octanol–water partition coefficient (Wildman–Crippen LogP) is 2.26. The Labute approximate surface area is 109 Å². The highest BCUT2D eigenvalue weighted by Gasteiger charge is 2.13. The minimum Gasteiger partial charge on any atom is -0.465 e. The number of aromatic nitrogens is 2. The van der Waals surface area contributed by atoms with Gasteiger partial charge in [0.15, 0.2) is 0 Å². The molecule has 1 heterocycles. The van der Waals surface area contributed by atoms with Crippen molar-refractivity contribution in [2.45, 2.75) is 13.5 Å². The zero-order valence-electron chi connectivity index (χ0n) is 10.7. The van der Waals surface area contributed by atoms with Crippen LogP contribution in [0.4, 0.5) is 10.1 Å². The zero-order valence-corrected chi connectivity index (χ0v) is 10.7. The van der Waals surface area contributed by atoms with E-state index in [2.05, 4.69) is 20.0 Å². The van der Waals surface area contributed by atoms with Crippen molar-refractivity contribution >= 4 is 11.7 Å². The lowest BCUT2D eigenvalue weighted by atomic mass is 10.1. The molecule has 0 aliphatic carbocycles. The number of imidazole rings is 1. The quantitative estimate of drug-likeness (QED) is 0.830. The van der Waals surface area contributed by atoms with Gasteiger partial charge < -0.3 is 15.0 Å². The van der Waals surface area contributed by atoms with Gasteiger partial charge in [0.05, 0.1) is 31.1 Å². The highest BCUT2D eigenvalue weighted by Crippen LogP contribution is 2.18. The number of esters is 1. The molecule has 0 bridgehead atoms. The van der Waals surface area contributed by atoms with E-state index in [0.717, 1.165) is 17.6 Å². The number of ether oxygens (including phenoxy) is 1. The Morgan fingerprint density at radius 2 is 2.32 bits per heavy atom. The standard InChI is InChI=1S/C13H14FN3O2/c1-8-15-6-10(17-8)7-16-12-4-3-9(14)5-11(12)13(18)19-2/h3-6,16H,7H2,1-2H3,(H,15,17). The molecule has 19 heavy (non-hydrogen) atoms. The van der Waals surface area contributed by atoms with Crippen LogP contribution in [0.25, 0.3) is 0 Å². The van der Waals surface area contributed by atoms with Crippen LogP contribution in [0, 0.1) is 12.7 Å². The van der Waals surface area contributed by atoms with Gasteiger partial charge in [0, 0.05) is 5.69 Å². The van der Waals surface area contributed by atoms with Crippen molar-refractivity contribution in [3.63, 3.8) is 0 Å². The second-order valence-electron chi connectivity index (χ2n) is 4.03. The van der Waals surface area contributed by atoms with Crippen molar-refractivity contribution in [2.24, 2.45) is 0 Å². The van der Waals surface area contributed by atoms with Crippen molar-refractivity contribution < 1.29 is 13.9 Å². The summed E-state index contributed by atoms with van der Waals surface area (Å²) in [5.41, 5.74) is 1.55. The van der Waals surface area contributed by atoms with Crippen LogP contribution < -0.4 is 5.32 Å². The van der Waals surface area contributed by atoms with E-state index in [9.17, 15) is 9.18 Å². The summed E-state index contributed by atoms with van der Waals surface area (Å²) in [6.45, 7) is 2.30. The lowest BCUT2D eigenvalue weighted by Crippen LogP contribution is -2.09. The Balaban J connectivity index is 2.17. The van der Waals surface area contributed by atoms with Crippen molar-refractivity contribution in [1.82, 2.24) is 9.97 Å². The smallest absolute Gasteiger partial charge is 0.340 e. The van der Waals surface area contributed by atoms with E-state index in [1.165, 1.54) is 19.2 Å². The van der Waals surface area contributed by atoms with E-state index in [0.29, 0.717) is 12.2 Å². The molecule has 0 saturated heterocycles. The van der Waals surface area contributed by atoms with Crippen molar-refractivity contribution in [1.29, 1.82) is 0 Å². The van der Waals surface area contributed by atoms with Crippen LogP contribution in [0.3, 0.4) is 0 Å². The molecule has 0 spiro atoms. The van der Waals surface area contributed by atoms with Crippen LogP contribution in [-0.4, -0.2) is 23.0 Å². The lowest BCUT2D eigenvalue weighted by molar-refractivity contribution is 0.0601. The molecular formula is C13H14FN3O2. The molecule has 1 aromatic heterocycles. The van der Waals surface area contributed by atoms with Gasteiger partial charge in [-0.15, -0.1) is 0 Å². The van der Waals surface area contributed by atoms with Crippen molar-refractivity contribution in [3.05, 3.63) is 47.3 Å². The Morgan fingerprint density at radius 1 is 1.53 bits per heavy atom. The summed E-state index contributed by atoms with van der Waals surface area (Å²) in [6, 6.07) is 3.93. The van der Waals surface area contributed by atoms with Crippen molar-refractivity contribution in [3.8, 4) is 0 Å². The minimum absolute atomic E-state index is 0.165. The van der Waals surface area contributed by atoms with Crippen LogP contribution in [-0.2, 0) is 11.3 Å². The Kier molecular flexibility index (Phi) is 3.79. The first-order chi connectivity index (χ1) is 9.10. The number of aryl methyl sites for hydroxylation is 1. The van der Waals surface area contributed by atoms with E-state index in [4.69, 9.17) is 0 Å². The Hall–Kier alpha value is -2.37. The third kappa shape index (κ3) is 3.09. The van der Waals surface area contributed by atoms with Crippen LogP contribution >= 0.6 is 0 Å². The zero-order chi connectivity index (χ0) is 13.8. The topological polar surface area (TPSA) is 67.0 Å². The molecule has 0 atom stereocenters. The fourth-order valence-electron chi connectivity index (χ4n) is 1.70. The number of halogens is 1. The third-order valence-corrected chi connectivity index (χ3v) is 2.61. The fourth-order valence-corrected chi connectivity index (χ4v) is 1.70. The van der Waals surface area contributed by atoms with Crippen LogP contribution in [0.15, 0.2) is 24.4 Å². The minimum atomic E-state index is -0.581. The van der Waals surface area contributed by atoms with Gasteiger partial charge in [0.2, 0.25) is 0 Å². The fraction of sp³-hybridized carbons (Fsp3) is 0.231. The molecular weight excluding hydrogens is 249 g/mol. The summed E-state index contributed by atoms with van der Waals surface area (Å²) in [6.07, 6.45) is 1.70. The summed E-state index contributed by atoms with van der Waals surface area (Å²) in [7, 11) is 1.26. The average Bonchev–Trinajstić information content (AvgIpc) is 2.82. The van der Waals surface area contributed by atoms with E-state index in [1.54, 1.807) is 6.20 Å². The van der Waals surface area contributed by atoms with Gasteiger partial charge in [-0.3, -0.25) is 0 Å². The number of anilines is 1. The molecule has 0 unspecified atom stereocenters. The first kappa shape index (κ1) is 13.1. The number of methoxy groups -OCH3 is 1. The SMILES string of the molecule is COC(=O)c1cc(F)ccc1NCc1cnc(C)[nH]1. The van der Waals surface area contributed by atoms with Gasteiger partial charge in [0.25, 0.3) is 0 Å². The van der Waals surface area contributed by atoms with E-state index in [1.807, 2.05) is 6.92 Å². The largest absolute Gasteiger partial charge is 0.465 e. The lowest BCUT2D eigenvalue weighted by Gasteiger charge is -2.10. The molecule has 0 radical (unpaired) electrons. The molecule has 2 aromatic rings. The predicted molar refractivity (Wildman–Crippen MR) is 68.4 cm³/mol. The molecule has 1 aromatic carbocycles. The van der Waals surface area contributed by atoms with Crippen LogP contribution in [0.1, 0.15) is 21.9 Å². The number of nitrogens with zero attached hydrogens (tertiary/aromatic N) is 1. The molecule has 0 amide bonds. The maximum atomic E-state index is 13.2. The normalized spacial score (nSPS) is 10.3. The molecule has 0 fully saturated rings. The number of carbonyl (C=O) groups is 1. The number of carbonyl (C=O) groups excluding carboxylic acids is 1. The molecule has 6 heteroatoms. The number of H-pyrrole nitrogens is 1. The van der Waals surface area contributed by atoms with Gasteiger partial charge in [-0.05, 0) is 25.1 Å². The van der Waals surface area contributed by atoms with Crippen LogP contribution in [0.5, 0.6) is 0 Å². The molecule has 0 aliphatic rings. The number of rotatable bonds is 4. The Bertz CT molecular complexity index is 595. The first-order valence-electron chi connectivity index (χ1n) is 5.72. The number of nitrogens with one attached hydrogen (secondary N) is 2. The summed E-state index contributed by atoms with van der Waals surface area (Å²) >= 11 is 0. The van der Waals surface area contributed by atoms with Gasteiger partial charge in [-0.1, -0.05) is 0 Å². The summed E-state index contributed by atoms with van der Waals surface area (Å²) in [4.78, 5) is 18.7. The first-order valence-corrected chi connectivity index (χ1v) is 5.72. The highest BCUT2D eigenvalue weighted by molar-refractivity contribution is 5.95. The monoisotopic (exact) mass is 263 g/mol. The number of aromatic amines is 1. The molecule has 0 saturated carbocycles. The number of benzene rings is 1. The van der Waals surface area contributed by atoms with Gasteiger partial charge in [0.1, 0.15) is 11.6 Å². The molecule has 2 rings (SSSR count). The second-order valence-corrected chi connectivity index (χ2v) is 4.03. The van der Waals surface area contributed by atoms with E-state index >= 15 is 0 Å². The Morgan fingerprint density at radius 3 is 2.95 bits per heavy atom. The maximum absolute atomic E-state index is 13.2. The van der Waals surface area contributed by atoms with Crippen LogP contribution in [0.2, 0.25) is 0 Å². The maximum Gasteiger partial charge on any atom is 0.340 e. The molecule has 100 valence electrons. The van der Waals surface area contributed by atoms with E-state index < -0.39 is 11.8 Å². The van der Waals surface area contributed by atoms with Gasteiger partial charge in [-0.2, -0.15) is 0 Å². The van der Waals surface area contributed by atoms with Gasteiger partial charge >= 0.3 is 5.97 Å². The second kappa shape index (κ2) is 5.51. The molecule has 5 nitrogen and oxygen atoms in total. The van der Waals surface area contributed by atoms with Gasteiger partial charge in [-0.25, -0.2) is 14.2 Å². The van der Waals surface area contributed by atoms with Crippen molar-refractivity contribution in [2.75, 3.05) is 12.4 Å². The molecule has 0 aliphatic heterocycles. The average molecular weight is 263 g/mol. The van der Waals surface area contributed by atoms with E-state index in [-0.39, 0.29) is 5.56 Å². The summed E-state index contributed by atoms with van der Waals surface area (Å²) in [5.74, 6) is -0.254. The summed E-state index contributed by atoms with van der Waals surface area (Å²) < 4.78 is 17.8. The molecule has 2 N–H and O–H groups in total. The number of hydrogen-bond donors (Lipinski definition) is 2. The third-order valence-electron chi connectivity index (χ3n) is 2.61. The summed E-state index contributed by atoms with van der Waals surface area (Å²) in [5, 5.41) is 3.05. The number of hydrogen-bond acceptors (Lipinski definition) is 4.